The molecule has 0 fully saturated rings. The predicted molar refractivity (Wildman–Crippen MR) is 85.9 cm³/mol. The lowest BCUT2D eigenvalue weighted by molar-refractivity contribution is -0.119. The van der Waals surface area contributed by atoms with Gasteiger partial charge in [-0.1, -0.05) is 6.92 Å². The molecule has 0 spiro atoms. The lowest BCUT2D eigenvalue weighted by Crippen LogP contribution is -2.35. The van der Waals surface area contributed by atoms with E-state index in [1.165, 1.54) is 17.7 Å². The van der Waals surface area contributed by atoms with Gasteiger partial charge in [-0.15, -0.1) is 0 Å². The minimum absolute atomic E-state index is 0.00432. The Hall–Kier alpha value is -2.30. The molecule has 1 aromatic heterocycles. The maximum absolute atomic E-state index is 12.2. The summed E-state index contributed by atoms with van der Waals surface area (Å²) in [6.45, 7) is 2.26. The van der Waals surface area contributed by atoms with Crippen LogP contribution in [0.25, 0.3) is 10.9 Å². The number of aryl methyl sites for hydroxylation is 1. The molecule has 5 nitrogen and oxygen atoms in total. The summed E-state index contributed by atoms with van der Waals surface area (Å²) in [5, 5.41) is 6.25. The quantitative estimate of drug-likeness (QED) is 0.808. The van der Waals surface area contributed by atoms with E-state index < -0.39 is 0 Å². The summed E-state index contributed by atoms with van der Waals surface area (Å²) in [7, 11) is 1.55. The van der Waals surface area contributed by atoms with Crippen LogP contribution >= 0.6 is 0 Å². The number of benzene rings is 1. The van der Waals surface area contributed by atoms with Crippen molar-refractivity contribution in [3.63, 3.8) is 0 Å². The van der Waals surface area contributed by atoms with Crippen LogP contribution in [-0.2, 0) is 17.6 Å². The summed E-state index contributed by atoms with van der Waals surface area (Å²) in [4.78, 5) is 26.8. The average molecular weight is 299 g/mol. The van der Waals surface area contributed by atoms with Gasteiger partial charge in [0.05, 0.1) is 6.54 Å². The van der Waals surface area contributed by atoms with Crippen LogP contribution in [0.5, 0.6) is 0 Å². The molecule has 1 aliphatic carbocycles. The summed E-state index contributed by atoms with van der Waals surface area (Å²) >= 11 is 0. The Morgan fingerprint density at radius 1 is 1.36 bits per heavy atom. The molecule has 0 unspecified atom stereocenters. The van der Waals surface area contributed by atoms with Gasteiger partial charge in [0.25, 0.3) is 5.91 Å². The molecule has 0 radical (unpaired) electrons. The number of hydrogen-bond donors (Lipinski definition) is 3. The Bertz CT molecular complexity index is 733. The van der Waals surface area contributed by atoms with Crippen LogP contribution in [0.15, 0.2) is 18.2 Å². The second-order valence-corrected chi connectivity index (χ2v) is 6.05. The number of amides is 2. The summed E-state index contributed by atoms with van der Waals surface area (Å²) < 4.78 is 0. The molecular formula is C17H21N3O2. The monoisotopic (exact) mass is 299 g/mol. The van der Waals surface area contributed by atoms with Gasteiger partial charge in [-0.25, -0.2) is 0 Å². The van der Waals surface area contributed by atoms with Gasteiger partial charge in [-0.2, -0.15) is 0 Å². The van der Waals surface area contributed by atoms with E-state index in [1.807, 2.05) is 12.1 Å². The Morgan fingerprint density at radius 2 is 2.18 bits per heavy atom. The van der Waals surface area contributed by atoms with Crippen LogP contribution in [0.4, 0.5) is 0 Å². The Kier molecular flexibility index (Phi) is 3.88. The second-order valence-electron chi connectivity index (χ2n) is 6.05. The number of fused-ring (bicyclic) bond motifs is 3. The first-order chi connectivity index (χ1) is 10.6. The lowest BCUT2D eigenvalue weighted by atomic mass is 9.87. The minimum atomic E-state index is -0.218. The molecule has 5 heteroatoms. The highest BCUT2D eigenvalue weighted by Crippen LogP contribution is 2.32. The van der Waals surface area contributed by atoms with Crippen molar-refractivity contribution >= 4 is 22.7 Å². The highest BCUT2D eigenvalue weighted by Gasteiger charge is 2.20. The normalized spacial score (nSPS) is 17.1. The number of nitrogens with one attached hydrogen (secondary N) is 3. The third-order valence-electron chi connectivity index (χ3n) is 4.38. The number of hydrogen-bond acceptors (Lipinski definition) is 2. The van der Waals surface area contributed by atoms with E-state index in [9.17, 15) is 9.59 Å². The highest BCUT2D eigenvalue weighted by molar-refractivity contribution is 6.00. The number of aromatic nitrogens is 1. The van der Waals surface area contributed by atoms with Crippen molar-refractivity contribution < 1.29 is 9.59 Å². The van der Waals surface area contributed by atoms with E-state index in [4.69, 9.17) is 0 Å². The summed E-state index contributed by atoms with van der Waals surface area (Å²) in [5.41, 5.74) is 4.32. The first kappa shape index (κ1) is 14.6. The standard InChI is InChI=1S/C17H21N3O2/c1-10-3-5-14-12(7-10)13-8-11(4-6-15(13)20-14)17(22)19-9-16(21)18-2/h4,6,8,10,20H,3,5,7,9H2,1-2H3,(H,18,21)(H,19,22)/t10-/m0/s1. The fourth-order valence-corrected chi connectivity index (χ4v) is 3.08. The van der Waals surface area contributed by atoms with E-state index >= 15 is 0 Å². The number of carbonyl (C=O) groups is 2. The number of H-pyrrole nitrogens is 1. The number of rotatable bonds is 3. The van der Waals surface area contributed by atoms with E-state index in [0.29, 0.717) is 11.5 Å². The summed E-state index contributed by atoms with van der Waals surface area (Å²) in [5.74, 6) is 0.254. The first-order valence-corrected chi connectivity index (χ1v) is 7.70. The predicted octanol–water partition coefficient (Wildman–Crippen LogP) is 1.77. The SMILES string of the molecule is CNC(=O)CNC(=O)c1ccc2[nH]c3c(c2c1)C[C@@H](C)CC3. The van der Waals surface area contributed by atoms with E-state index in [-0.39, 0.29) is 18.4 Å². The molecule has 0 saturated heterocycles. The molecule has 2 aromatic rings. The molecule has 22 heavy (non-hydrogen) atoms. The fourth-order valence-electron chi connectivity index (χ4n) is 3.08. The number of carbonyl (C=O) groups excluding carboxylic acids is 2. The van der Waals surface area contributed by atoms with E-state index in [0.717, 1.165) is 23.7 Å². The Balaban J connectivity index is 1.87. The van der Waals surface area contributed by atoms with Gasteiger partial charge < -0.3 is 15.6 Å². The summed E-state index contributed by atoms with van der Waals surface area (Å²) in [6.07, 6.45) is 3.33. The van der Waals surface area contributed by atoms with Crippen molar-refractivity contribution in [1.82, 2.24) is 15.6 Å². The average Bonchev–Trinajstić information content (AvgIpc) is 2.89. The molecule has 1 aliphatic rings. The van der Waals surface area contributed by atoms with Gasteiger partial charge in [0, 0.05) is 29.2 Å². The molecule has 1 atom stereocenters. The molecule has 0 aliphatic heterocycles. The van der Waals surface area contributed by atoms with Crippen LogP contribution in [0.2, 0.25) is 0 Å². The van der Waals surface area contributed by atoms with Gasteiger partial charge in [0.2, 0.25) is 5.91 Å². The van der Waals surface area contributed by atoms with Crippen molar-refractivity contribution in [3.8, 4) is 0 Å². The van der Waals surface area contributed by atoms with E-state index in [2.05, 4.69) is 22.5 Å². The van der Waals surface area contributed by atoms with Crippen molar-refractivity contribution in [2.24, 2.45) is 5.92 Å². The molecule has 0 bridgehead atoms. The second kappa shape index (κ2) is 5.83. The Morgan fingerprint density at radius 3 is 2.95 bits per heavy atom. The van der Waals surface area contributed by atoms with Gasteiger partial charge in [-0.3, -0.25) is 9.59 Å². The van der Waals surface area contributed by atoms with Crippen LogP contribution in [0.1, 0.15) is 35.0 Å². The van der Waals surface area contributed by atoms with Crippen molar-refractivity contribution in [3.05, 3.63) is 35.0 Å². The van der Waals surface area contributed by atoms with Crippen molar-refractivity contribution in [2.75, 3.05) is 13.6 Å². The van der Waals surface area contributed by atoms with Gasteiger partial charge in [0.15, 0.2) is 0 Å². The third-order valence-corrected chi connectivity index (χ3v) is 4.38. The topological polar surface area (TPSA) is 74.0 Å². The number of aromatic amines is 1. The van der Waals surface area contributed by atoms with Gasteiger partial charge in [-0.05, 0) is 48.9 Å². The fraction of sp³-hybridized carbons (Fsp3) is 0.412. The highest BCUT2D eigenvalue weighted by atomic mass is 16.2. The number of likely N-dealkylation sites (N-methyl/N-ethyl adjacent to an activating group) is 1. The molecule has 3 N–H and O–H groups in total. The van der Waals surface area contributed by atoms with Crippen molar-refractivity contribution in [1.29, 1.82) is 0 Å². The maximum Gasteiger partial charge on any atom is 0.251 e. The zero-order valence-corrected chi connectivity index (χ0v) is 13.0. The lowest BCUT2D eigenvalue weighted by Gasteiger charge is -2.18. The molecule has 3 rings (SSSR count). The van der Waals surface area contributed by atoms with Crippen LogP contribution in [0, 0.1) is 5.92 Å². The van der Waals surface area contributed by atoms with Crippen LogP contribution < -0.4 is 10.6 Å². The molecule has 1 aromatic carbocycles. The van der Waals surface area contributed by atoms with Crippen molar-refractivity contribution in [2.45, 2.75) is 26.2 Å². The molecular weight excluding hydrogens is 278 g/mol. The largest absolute Gasteiger partial charge is 0.358 e. The molecule has 2 amide bonds. The van der Waals surface area contributed by atoms with Crippen LogP contribution in [0.3, 0.4) is 0 Å². The molecule has 0 saturated carbocycles. The van der Waals surface area contributed by atoms with Crippen LogP contribution in [-0.4, -0.2) is 30.4 Å². The first-order valence-electron chi connectivity index (χ1n) is 7.70. The maximum atomic E-state index is 12.2. The third kappa shape index (κ3) is 2.71. The van der Waals surface area contributed by atoms with E-state index in [1.54, 1.807) is 13.1 Å². The minimum Gasteiger partial charge on any atom is -0.358 e. The molecule has 1 heterocycles. The zero-order valence-electron chi connectivity index (χ0n) is 13.0. The Labute approximate surface area is 129 Å². The zero-order chi connectivity index (χ0) is 15.7. The summed E-state index contributed by atoms with van der Waals surface area (Å²) in [6, 6.07) is 5.68. The van der Waals surface area contributed by atoms with Gasteiger partial charge >= 0.3 is 0 Å². The molecule has 116 valence electrons. The van der Waals surface area contributed by atoms with Gasteiger partial charge in [0.1, 0.15) is 0 Å². The smallest absolute Gasteiger partial charge is 0.251 e.